The van der Waals surface area contributed by atoms with Gasteiger partial charge in [-0.05, 0) is 0 Å². The Bertz CT molecular complexity index is 275. The van der Waals surface area contributed by atoms with Crippen LogP contribution in [0.5, 0.6) is 0 Å². The van der Waals surface area contributed by atoms with E-state index in [4.69, 9.17) is 11.6 Å². The second kappa shape index (κ2) is 2.67. The lowest BCUT2D eigenvalue weighted by Crippen LogP contribution is -2.12. The van der Waals surface area contributed by atoms with Crippen molar-refractivity contribution in [1.29, 1.82) is 0 Å². The van der Waals surface area contributed by atoms with Crippen LogP contribution in [0.4, 0.5) is 20.3 Å². The van der Waals surface area contributed by atoms with Crippen LogP contribution in [0.25, 0.3) is 0 Å². The molecule has 1 rings (SSSR count). The molecule has 0 saturated heterocycles. The molecule has 0 spiro atoms. The van der Waals surface area contributed by atoms with Gasteiger partial charge in [0.25, 0.3) is 0 Å². The quantitative estimate of drug-likeness (QED) is 0.406. The van der Waals surface area contributed by atoms with Crippen molar-refractivity contribution in [2.24, 2.45) is 5.84 Å². The SMILES string of the molecule is NNc1ncc(F)c(N)c1F. The van der Waals surface area contributed by atoms with Crippen molar-refractivity contribution in [2.45, 2.75) is 0 Å². The van der Waals surface area contributed by atoms with Gasteiger partial charge in [-0.3, -0.25) is 0 Å². The predicted molar refractivity (Wildman–Crippen MR) is 36.4 cm³/mol. The molecule has 0 fully saturated rings. The zero-order valence-corrected chi connectivity index (χ0v) is 5.44. The van der Waals surface area contributed by atoms with Crippen LogP contribution < -0.4 is 17.0 Å². The molecule has 0 bridgehead atoms. The molecule has 60 valence electrons. The first-order valence-electron chi connectivity index (χ1n) is 2.73. The van der Waals surface area contributed by atoms with Crippen LogP contribution in [0.15, 0.2) is 6.20 Å². The monoisotopic (exact) mass is 160 g/mol. The average Bonchev–Trinajstić information content (AvgIpc) is 2.01. The number of nitrogen functional groups attached to an aromatic ring is 2. The zero-order chi connectivity index (χ0) is 8.43. The predicted octanol–water partition coefficient (Wildman–Crippen LogP) is 0.228. The van der Waals surface area contributed by atoms with E-state index in [1.165, 1.54) is 0 Å². The van der Waals surface area contributed by atoms with Crippen molar-refractivity contribution in [3.05, 3.63) is 17.8 Å². The Labute approximate surface area is 61.2 Å². The van der Waals surface area contributed by atoms with E-state index in [9.17, 15) is 8.78 Å². The van der Waals surface area contributed by atoms with Gasteiger partial charge in [-0.15, -0.1) is 0 Å². The van der Waals surface area contributed by atoms with Crippen molar-refractivity contribution in [1.82, 2.24) is 4.98 Å². The van der Waals surface area contributed by atoms with Gasteiger partial charge in [0.2, 0.25) is 0 Å². The molecular weight excluding hydrogens is 154 g/mol. The molecule has 0 aliphatic carbocycles. The summed E-state index contributed by atoms with van der Waals surface area (Å²) in [5.74, 6) is 2.68. The summed E-state index contributed by atoms with van der Waals surface area (Å²) in [4.78, 5) is 3.29. The molecule has 5 N–H and O–H groups in total. The number of anilines is 2. The fourth-order valence-electron chi connectivity index (χ4n) is 0.580. The molecule has 0 aromatic carbocycles. The highest BCUT2D eigenvalue weighted by atomic mass is 19.1. The standard InChI is InChI=1S/C5H6F2N4/c6-2-1-10-5(11-9)3(7)4(2)8/h1H,9H2,(H3,8,10,11). The molecule has 11 heavy (non-hydrogen) atoms. The lowest BCUT2D eigenvalue weighted by molar-refractivity contribution is 0.584. The lowest BCUT2D eigenvalue weighted by Gasteiger charge is -2.02. The van der Waals surface area contributed by atoms with Crippen LogP contribution in [0, 0.1) is 11.6 Å². The van der Waals surface area contributed by atoms with Crippen molar-refractivity contribution >= 4 is 11.5 Å². The number of pyridine rings is 1. The zero-order valence-electron chi connectivity index (χ0n) is 5.44. The van der Waals surface area contributed by atoms with Crippen LogP contribution >= 0.6 is 0 Å². The Hall–Kier alpha value is -1.43. The minimum absolute atomic E-state index is 0.274. The fourth-order valence-corrected chi connectivity index (χ4v) is 0.580. The van der Waals surface area contributed by atoms with Gasteiger partial charge >= 0.3 is 0 Å². The number of hydrogen-bond donors (Lipinski definition) is 3. The molecular formula is C5H6F2N4. The molecule has 0 amide bonds. The first kappa shape index (κ1) is 7.67. The number of rotatable bonds is 1. The van der Waals surface area contributed by atoms with Crippen LogP contribution in [-0.2, 0) is 0 Å². The largest absolute Gasteiger partial charge is 0.394 e. The highest BCUT2D eigenvalue weighted by Crippen LogP contribution is 2.18. The van der Waals surface area contributed by atoms with E-state index >= 15 is 0 Å². The van der Waals surface area contributed by atoms with Gasteiger partial charge in [0.05, 0.1) is 6.20 Å². The van der Waals surface area contributed by atoms with E-state index in [-0.39, 0.29) is 5.82 Å². The third-order valence-electron chi connectivity index (χ3n) is 1.15. The van der Waals surface area contributed by atoms with Crippen molar-refractivity contribution in [2.75, 3.05) is 11.2 Å². The maximum atomic E-state index is 12.7. The first-order valence-corrected chi connectivity index (χ1v) is 2.73. The van der Waals surface area contributed by atoms with Crippen LogP contribution in [0.3, 0.4) is 0 Å². The molecule has 0 aliphatic rings. The molecule has 0 saturated carbocycles. The lowest BCUT2D eigenvalue weighted by atomic mass is 10.3. The Kier molecular flexibility index (Phi) is 1.86. The average molecular weight is 160 g/mol. The Morgan fingerprint density at radius 2 is 2.09 bits per heavy atom. The maximum Gasteiger partial charge on any atom is 0.192 e. The van der Waals surface area contributed by atoms with Gasteiger partial charge in [-0.1, -0.05) is 0 Å². The van der Waals surface area contributed by atoms with E-state index in [2.05, 4.69) is 4.98 Å². The molecule has 6 heteroatoms. The van der Waals surface area contributed by atoms with Crippen molar-refractivity contribution < 1.29 is 8.78 Å². The third-order valence-corrected chi connectivity index (χ3v) is 1.15. The summed E-state index contributed by atoms with van der Waals surface area (Å²) in [6.45, 7) is 0. The first-order chi connectivity index (χ1) is 5.16. The summed E-state index contributed by atoms with van der Waals surface area (Å²) >= 11 is 0. The summed E-state index contributed by atoms with van der Waals surface area (Å²) in [7, 11) is 0. The number of aromatic nitrogens is 1. The van der Waals surface area contributed by atoms with Crippen LogP contribution in [-0.4, -0.2) is 4.98 Å². The van der Waals surface area contributed by atoms with E-state index in [1.54, 1.807) is 0 Å². The topological polar surface area (TPSA) is 77.0 Å². The number of nitrogens with one attached hydrogen (secondary N) is 1. The molecule has 0 radical (unpaired) electrons. The van der Waals surface area contributed by atoms with E-state index in [1.807, 2.05) is 5.43 Å². The normalized spacial score (nSPS) is 9.73. The van der Waals surface area contributed by atoms with Crippen molar-refractivity contribution in [3.8, 4) is 0 Å². The Morgan fingerprint density at radius 1 is 1.45 bits per heavy atom. The van der Waals surface area contributed by atoms with Crippen LogP contribution in [0.1, 0.15) is 0 Å². The number of nitrogens with zero attached hydrogens (tertiary/aromatic N) is 1. The Morgan fingerprint density at radius 3 is 2.64 bits per heavy atom. The molecule has 1 aromatic heterocycles. The van der Waals surface area contributed by atoms with Gasteiger partial charge < -0.3 is 11.2 Å². The van der Waals surface area contributed by atoms with Gasteiger partial charge in [0.1, 0.15) is 5.69 Å². The minimum Gasteiger partial charge on any atom is -0.394 e. The number of hydrazine groups is 1. The summed E-state index contributed by atoms with van der Waals surface area (Å²) in [6, 6.07) is 0. The molecule has 1 aromatic rings. The number of halogens is 2. The molecule has 4 nitrogen and oxygen atoms in total. The fraction of sp³-hybridized carbons (Fsp3) is 0. The second-order valence-corrected chi connectivity index (χ2v) is 1.83. The van der Waals surface area contributed by atoms with E-state index in [0.717, 1.165) is 6.20 Å². The summed E-state index contributed by atoms with van der Waals surface area (Å²) in [6.07, 6.45) is 0.785. The van der Waals surface area contributed by atoms with Gasteiger partial charge in [0, 0.05) is 0 Å². The number of nitrogens with two attached hydrogens (primary N) is 2. The third kappa shape index (κ3) is 1.20. The highest BCUT2D eigenvalue weighted by Gasteiger charge is 2.10. The van der Waals surface area contributed by atoms with Gasteiger partial charge in [-0.2, -0.15) is 0 Å². The summed E-state index contributed by atoms with van der Waals surface area (Å²) in [5.41, 5.74) is 6.31. The van der Waals surface area contributed by atoms with E-state index in [0.29, 0.717) is 0 Å². The van der Waals surface area contributed by atoms with Gasteiger partial charge in [0.15, 0.2) is 17.5 Å². The summed E-state index contributed by atoms with van der Waals surface area (Å²) in [5, 5.41) is 0. The van der Waals surface area contributed by atoms with Crippen molar-refractivity contribution in [3.63, 3.8) is 0 Å². The molecule has 0 unspecified atom stereocenters. The minimum atomic E-state index is -0.979. The summed E-state index contributed by atoms with van der Waals surface area (Å²) < 4.78 is 25.1. The smallest absolute Gasteiger partial charge is 0.192 e. The Balaban J connectivity index is 3.25. The van der Waals surface area contributed by atoms with E-state index < -0.39 is 17.3 Å². The maximum absolute atomic E-state index is 12.7. The van der Waals surface area contributed by atoms with Crippen LogP contribution in [0.2, 0.25) is 0 Å². The second-order valence-electron chi connectivity index (χ2n) is 1.83. The van der Waals surface area contributed by atoms with Gasteiger partial charge in [-0.25, -0.2) is 19.6 Å². The highest BCUT2D eigenvalue weighted by molar-refractivity contribution is 5.51. The molecule has 0 atom stereocenters. The molecule has 1 heterocycles. The molecule has 0 aliphatic heterocycles. The number of hydrogen-bond acceptors (Lipinski definition) is 4.